The number of furan rings is 1. The fourth-order valence-corrected chi connectivity index (χ4v) is 2.20. The summed E-state index contributed by atoms with van der Waals surface area (Å²) in [6, 6.07) is 7.84. The summed E-state index contributed by atoms with van der Waals surface area (Å²) in [4.78, 5) is 2.09. The average molecular weight is 296 g/mol. The number of hydrogen-bond donors (Lipinski definition) is 1. The Morgan fingerprint density at radius 3 is 2.82 bits per heavy atom. The molecule has 90 valence electrons. The highest BCUT2D eigenvalue weighted by atomic mass is 79.9. The van der Waals surface area contributed by atoms with Crippen molar-refractivity contribution in [2.45, 2.75) is 13.2 Å². The lowest BCUT2D eigenvalue weighted by Crippen LogP contribution is -2.17. The fraction of sp³-hybridized carbons (Fsp3) is 0.231. The van der Waals surface area contributed by atoms with E-state index in [0.717, 1.165) is 27.8 Å². The molecule has 0 fully saturated rings. The second-order valence-electron chi connectivity index (χ2n) is 3.92. The first-order valence-corrected chi connectivity index (χ1v) is 6.11. The molecule has 0 saturated heterocycles. The van der Waals surface area contributed by atoms with Crippen LogP contribution in [0.2, 0.25) is 0 Å². The van der Waals surface area contributed by atoms with Crippen molar-refractivity contribution in [2.75, 3.05) is 11.9 Å². The summed E-state index contributed by atoms with van der Waals surface area (Å²) < 4.78 is 6.02. The molecule has 17 heavy (non-hydrogen) atoms. The van der Waals surface area contributed by atoms with Gasteiger partial charge in [-0.05, 0) is 24.3 Å². The quantitative estimate of drug-likeness (QED) is 0.941. The molecule has 0 bridgehead atoms. The third-order valence-corrected chi connectivity index (χ3v) is 3.12. The summed E-state index contributed by atoms with van der Waals surface area (Å²) in [6.07, 6.45) is 3.39. The molecular formula is C13H14BrNO2. The van der Waals surface area contributed by atoms with Crippen molar-refractivity contribution >= 4 is 21.6 Å². The zero-order chi connectivity index (χ0) is 12.3. The first-order chi connectivity index (χ1) is 8.20. The van der Waals surface area contributed by atoms with E-state index in [1.165, 1.54) is 0 Å². The summed E-state index contributed by atoms with van der Waals surface area (Å²) in [5, 5.41) is 9.35. The largest absolute Gasteiger partial charge is 0.472 e. The Bertz CT molecular complexity index is 482. The Morgan fingerprint density at radius 2 is 2.18 bits per heavy atom. The second-order valence-corrected chi connectivity index (χ2v) is 4.83. The topological polar surface area (TPSA) is 36.6 Å². The van der Waals surface area contributed by atoms with E-state index in [4.69, 9.17) is 4.42 Å². The molecule has 0 unspecified atom stereocenters. The Balaban J connectivity index is 2.21. The number of benzene rings is 1. The molecule has 1 N–H and O–H groups in total. The summed E-state index contributed by atoms with van der Waals surface area (Å²) in [7, 11) is 2.00. The van der Waals surface area contributed by atoms with Gasteiger partial charge in [0.2, 0.25) is 0 Å². The van der Waals surface area contributed by atoms with Gasteiger partial charge in [0.1, 0.15) is 0 Å². The molecule has 1 aromatic heterocycles. The van der Waals surface area contributed by atoms with Gasteiger partial charge in [0, 0.05) is 34.9 Å². The van der Waals surface area contributed by atoms with Crippen LogP contribution in [0.3, 0.4) is 0 Å². The number of rotatable bonds is 4. The molecule has 0 aliphatic rings. The molecule has 0 saturated carbocycles. The van der Waals surface area contributed by atoms with Crippen molar-refractivity contribution < 1.29 is 9.52 Å². The lowest BCUT2D eigenvalue weighted by molar-refractivity contribution is 0.282. The summed E-state index contributed by atoms with van der Waals surface area (Å²) in [5.74, 6) is 0. The Hall–Kier alpha value is -1.26. The van der Waals surface area contributed by atoms with Gasteiger partial charge in [0.05, 0.1) is 19.1 Å². The van der Waals surface area contributed by atoms with Crippen LogP contribution in [0, 0.1) is 0 Å². The third-order valence-electron chi connectivity index (χ3n) is 2.62. The predicted octanol–water partition coefficient (Wildman–Crippen LogP) is 3.17. The summed E-state index contributed by atoms with van der Waals surface area (Å²) in [5.41, 5.74) is 3.04. The molecule has 0 aliphatic heterocycles. The zero-order valence-corrected chi connectivity index (χ0v) is 11.1. The molecule has 0 spiro atoms. The minimum Gasteiger partial charge on any atom is -0.472 e. The fourth-order valence-electron chi connectivity index (χ4n) is 1.79. The number of aliphatic hydroxyl groups excluding tert-OH is 1. The van der Waals surface area contributed by atoms with Gasteiger partial charge >= 0.3 is 0 Å². The van der Waals surface area contributed by atoms with Gasteiger partial charge in [0.15, 0.2) is 0 Å². The zero-order valence-electron chi connectivity index (χ0n) is 9.56. The van der Waals surface area contributed by atoms with E-state index in [-0.39, 0.29) is 6.61 Å². The highest BCUT2D eigenvalue weighted by Crippen LogP contribution is 2.25. The number of nitrogens with zero attached hydrogens (tertiary/aromatic N) is 1. The molecule has 2 aromatic rings. The van der Waals surface area contributed by atoms with E-state index in [0.29, 0.717) is 0 Å². The molecule has 0 aliphatic carbocycles. The molecule has 2 rings (SSSR count). The van der Waals surface area contributed by atoms with Crippen LogP contribution in [0.4, 0.5) is 5.69 Å². The highest BCUT2D eigenvalue weighted by Gasteiger charge is 2.08. The number of hydrogen-bond acceptors (Lipinski definition) is 3. The minimum absolute atomic E-state index is 0.0322. The maximum atomic E-state index is 9.35. The van der Waals surface area contributed by atoms with Crippen molar-refractivity contribution in [1.29, 1.82) is 0 Å². The van der Waals surface area contributed by atoms with Gasteiger partial charge in [-0.15, -0.1) is 0 Å². The van der Waals surface area contributed by atoms with E-state index < -0.39 is 0 Å². The van der Waals surface area contributed by atoms with E-state index >= 15 is 0 Å². The van der Waals surface area contributed by atoms with Crippen LogP contribution < -0.4 is 4.90 Å². The number of aliphatic hydroxyl groups is 1. The lowest BCUT2D eigenvalue weighted by atomic mass is 10.1. The van der Waals surface area contributed by atoms with E-state index in [9.17, 15) is 5.11 Å². The molecule has 0 radical (unpaired) electrons. The van der Waals surface area contributed by atoms with Crippen LogP contribution in [0.15, 0.2) is 45.7 Å². The number of anilines is 1. The summed E-state index contributed by atoms with van der Waals surface area (Å²) >= 11 is 3.40. The smallest absolute Gasteiger partial charge is 0.0952 e. The first-order valence-electron chi connectivity index (χ1n) is 5.32. The van der Waals surface area contributed by atoms with Gasteiger partial charge in [0.25, 0.3) is 0 Å². The van der Waals surface area contributed by atoms with Crippen LogP contribution >= 0.6 is 15.9 Å². The third kappa shape index (κ3) is 2.90. The van der Waals surface area contributed by atoms with Crippen LogP contribution in [0.1, 0.15) is 11.1 Å². The SMILES string of the molecule is CN(Cc1ccoc1)c1ccc(Br)cc1CO. The molecular weight excluding hydrogens is 282 g/mol. The van der Waals surface area contributed by atoms with Gasteiger partial charge < -0.3 is 14.4 Å². The van der Waals surface area contributed by atoms with Crippen molar-refractivity contribution in [1.82, 2.24) is 0 Å². The number of halogens is 1. The normalized spacial score (nSPS) is 10.5. The Labute approximate surface area is 109 Å². The second kappa shape index (κ2) is 5.38. The van der Waals surface area contributed by atoms with Crippen molar-refractivity contribution in [3.63, 3.8) is 0 Å². The average Bonchev–Trinajstić information content (AvgIpc) is 2.81. The maximum absolute atomic E-state index is 9.35. The molecule has 0 amide bonds. The monoisotopic (exact) mass is 295 g/mol. The standard InChI is InChI=1S/C13H14BrNO2/c1-15(7-10-4-5-17-9-10)13-3-2-12(14)6-11(13)8-16/h2-6,9,16H,7-8H2,1H3. The van der Waals surface area contributed by atoms with Gasteiger partial charge in [-0.3, -0.25) is 0 Å². The van der Waals surface area contributed by atoms with Crippen molar-refractivity contribution in [2.24, 2.45) is 0 Å². The van der Waals surface area contributed by atoms with E-state index in [1.54, 1.807) is 12.5 Å². The molecule has 3 nitrogen and oxygen atoms in total. The van der Waals surface area contributed by atoms with Crippen molar-refractivity contribution in [3.8, 4) is 0 Å². The van der Waals surface area contributed by atoms with Crippen LogP contribution in [0.5, 0.6) is 0 Å². The van der Waals surface area contributed by atoms with Crippen LogP contribution in [-0.4, -0.2) is 12.2 Å². The van der Waals surface area contributed by atoms with Crippen molar-refractivity contribution in [3.05, 3.63) is 52.4 Å². The Kier molecular flexibility index (Phi) is 3.86. The minimum atomic E-state index is 0.0322. The first kappa shape index (κ1) is 12.2. The summed E-state index contributed by atoms with van der Waals surface area (Å²) in [6.45, 7) is 0.787. The Morgan fingerprint density at radius 1 is 1.35 bits per heavy atom. The predicted molar refractivity (Wildman–Crippen MR) is 70.9 cm³/mol. The van der Waals surface area contributed by atoms with E-state index in [1.807, 2.05) is 31.3 Å². The van der Waals surface area contributed by atoms with Gasteiger partial charge in [-0.2, -0.15) is 0 Å². The highest BCUT2D eigenvalue weighted by molar-refractivity contribution is 9.10. The maximum Gasteiger partial charge on any atom is 0.0952 e. The molecule has 0 atom stereocenters. The molecule has 1 heterocycles. The van der Waals surface area contributed by atoms with E-state index in [2.05, 4.69) is 20.8 Å². The molecule has 4 heteroatoms. The lowest BCUT2D eigenvalue weighted by Gasteiger charge is -2.21. The van der Waals surface area contributed by atoms with Gasteiger partial charge in [-0.1, -0.05) is 15.9 Å². The van der Waals surface area contributed by atoms with Crippen LogP contribution in [0.25, 0.3) is 0 Å². The van der Waals surface area contributed by atoms with Crippen LogP contribution in [-0.2, 0) is 13.2 Å². The molecule has 1 aromatic carbocycles. The van der Waals surface area contributed by atoms with Gasteiger partial charge in [-0.25, -0.2) is 0 Å².